The van der Waals surface area contributed by atoms with Gasteiger partial charge in [0.05, 0.1) is 10.7 Å². The molecule has 0 spiro atoms. The second-order valence-corrected chi connectivity index (χ2v) is 4.46. The number of thiazole rings is 1. The van der Waals surface area contributed by atoms with E-state index in [-0.39, 0.29) is 5.92 Å². The first kappa shape index (κ1) is 12.1. The minimum Gasteiger partial charge on any atom is -0.480 e. The number of carboxylic acid groups (broad SMARTS) is 1. The van der Waals surface area contributed by atoms with Crippen molar-refractivity contribution in [2.24, 2.45) is 5.73 Å². The van der Waals surface area contributed by atoms with Crippen LogP contribution in [0.4, 0.5) is 0 Å². The molecule has 2 unspecified atom stereocenters. The van der Waals surface area contributed by atoms with Gasteiger partial charge in [-0.2, -0.15) is 0 Å². The number of nitrogens with two attached hydrogens (primary N) is 1. The number of rotatable bonds is 4. The minimum atomic E-state index is -1.33. The van der Waals surface area contributed by atoms with Crippen LogP contribution in [0.15, 0.2) is 5.38 Å². The van der Waals surface area contributed by atoms with Crippen LogP contribution >= 0.6 is 11.3 Å². The Bertz CT molecular complexity index is 351. The lowest BCUT2D eigenvalue weighted by Crippen LogP contribution is -2.36. The summed E-state index contributed by atoms with van der Waals surface area (Å²) in [4.78, 5) is 14.7. The van der Waals surface area contributed by atoms with Crippen molar-refractivity contribution >= 4 is 17.3 Å². The first-order valence-corrected chi connectivity index (χ1v) is 5.43. The maximum atomic E-state index is 10.5. The zero-order valence-electron chi connectivity index (χ0n) is 8.54. The molecule has 0 aliphatic rings. The van der Waals surface area contributed by atoms with E-state index in [0.717, 1.165) is 5.01 Å². The fourth-order valence-electron chi connectivity index (χ4n) is 1.02. The Morgan fingerprint density at radius 1 is 1.60 bits per heavy atom. The fourth-order valence-corrected chi connectivity index (χ4v) is 1.88. The summed E-state index contributed by atoms with van der Waals surface area (Å²) in [6, 6.07) is -1.33. The van der Waals surface area contributed by atoms with E-state index in [2.05, 4.69) is 4.98 Å². The van der Waals surface area contributed by atoms with E-state index in [1.807, 2.05) is 13.8 Å². The first-order chi connectivity index (χ1) is 6.93. The van der Waals surface area contributed by atoms with Crippen molar-refractivity contribution < 1.29 is 15.0 Å². The molecule has 4 N–H and O–H groups in total. The van der Waals surface area contributed by atoms with Crippen molar-refractivity contribution in [3.63, 3.8) is 0 Å². The summed E-state index contributed by atoms with van der Waals surface area (Å²) in [5.41, 5.74) is 5.62. The van der Waals surface area contributed by atoms with Gasteiger partial charge in [0.25, 0.3) is 0 Å². The van der Waals surface area contributed by atoms with E-state index >= 15 is 0 Å². The molecule has 0 amide bonds. The van der Waals surface area contributed by atoms with Gasteiger partial charge < -0.3 is 15.9 Å². The number of hydrogen-bond donors (Lipinski definition) is 3. The van der Waals surface area contributed by atoms with Crippen molar-refractivity contribution in [3.05, 3.63) is 16.1 Å². The first-order valence-electron chi connectivity index (χ1n) is 4.55. The molecule has 15 heavy (non-hydrogen) atoms. The van der Waals surface area contributed by atoms with Gasteiger partial charge in [-0.25, -0.2) is 4.98 Å². The molecule has 1 aromatic heterocycles. The van der Waals surface area contributed by atoms with Gasteiger partial charge in [-0.05, 0) is 0 Å². The monoisotopic (exact) mass is 230 g/mol. The van der Waals surface area contributed by atoms with Gasteiger partial charge in [-0.15, -0.1) is 11.3 Å². The van der Waals surface area contributed by atoms with Gasteiger partial charge in [0.2, 0.25) is 0 Å². The Kier molecular flexibility index (Phi) is 3.78. The van der Waals surface area contributed by atoms with Gasteiger partial charge in [-0.3, -0.25) is 4.79 Å². The lowest BCUT2D eigenvalue weighted by Gasteiger charge is -2.12. The van der Waals surface area contributed by atoms with E-state index in [0.29, 0.717) is 5.69 Å². The SMILES string of the molecule is CC(C)c1nc(C(O)C(N)C(=O)O)cs1. The van der Waals surface area contributed by atoms with Gasteiger partial charge >= 0.3 is 5.97 Å². The molecule has 0 radical (unpaired) electrons. The Labute approximate surface area is 91.6 Å². The molecule has 0 aromatic carbocycles. The summed E-state index contributed by atoms with van der Waals surface area (Å²) in [5.74, 6) is -0.974. The summed E-state index contributed by atoms with van der Waals surface area (Å²) in [5, 5.41) is 20.7. The number of nitrogens with zero attached hydrogens (tertiary/aromatic N) is 1. The summed E-state index contributed by atoms with van der Waals surface area (Å²) in [6.07, 6.45) is -1.24. The molecule has 0 aliphatic carbocycles. The maximum absolute atomic E-state index is 10.5. The van der Waals surface area contributed by atoms with E-state index in [1.54, 1.807) is 5.38 Å². The highest BCUT2D eigenvalue weighted by atomic mass is 32.1. The van der Waals surface area contributed by atoms with Gasteiger partial charge in [0.15, 0.2) is 0 Å². The zero-order chi connectivity index (χ0) is 11.6. The predicted octanol–water partition coefficient (Wildman–Crippen LogP) is 0.712. The largest absolute Gasteiger partial charge is 0.480 e. The molecule has 1 aromatic rings. The Morgan fingerprint density at radius 3 is 2.60 bits per heavy atom. The van der Waals surface area contributed by atoms with Crippen LogP contribution in [0.25, 0.3) is 0 Å². The highest BCUT2D eigenvalue weighted by Crippen LogP contribution is 2.23. The third-order valence-electron chi connectivity index (χ3n) is 1.96. The van der Waals surface area contributed by atoms with Crippen molar-refractivity contribution in [1.82, 2.24) is 4.98 Å². The van der Waals surface area contributed by atoms with Crippen LogP contribution < -0.4 is 5.73 Å². The average Bonchev–Trinajstić information content (AvgIpc) is 2.64. The number of aromatic nitrogens is 1. The Balaban J connectivity index is 2.82. The van der Waals surface area contributed by atoms with Crippen molar-refractivity contribution in [2.45, 2.75) is 31.9 Å². The normalized spacial score (nSPS) is 15.3. The molecule has 5 nitrogen and oxygen atoms in total. The van der Waals surface area contributed by atoms with Gasteiger partial charge in [0, 0.05) is 11.3 Å². The molecule has 0 fully saturated rings. The lowest BCUT2D eigenvalue weighted by molar-refractivity contribution is -0.141. The van der Waals surface area contributed by atoms with E-state index in [1.165, 1.54) is 11.3 Å². The molecule has 84 valence electrons. The second-order valence-electron chi connectivity index (χ2n) is 3.57. The van der Waals surface area contributed by atoms with Gasteiger partial charge in [0.1, 0.15) is 12.1 Å². The van der Waals surface area contributed by atoms with E-state index < -0.39 is 18.1 Å². The van der Waals surface area contributed by atoms with E-state index in [4.69, 9.17) is 10.8 Å². The highest BCUT2D eigenvalue weighted by Gasteiger charge is 2.25. The van der Waals surface area contributed by atoms with Crippen LogP contribution in [-0.4, -0.2) is 27.2 Å². The van der Waals surface area contributed by atoms with Crippen molar-refractivity contribution in [2.75, 3.05) is 0 Å². The molecular formula is C9H14N2O3S. The Morgan fingerprint density at radius 2 is 2.20 bits per heavy atom. The van der Waals surface area contributed by atoms with Crippen LogP contribution in [-0.2, 0) is 4.79 Å². The molecular weight excluding hydrogens is 216 g/mol. The maximum Gasteiger partial charge on any atom is 0.323 e. The average molecular weight is 230 g/mol. The number of carboxylic acids is 1. The van der Waals surface area contributed by atoms with Crippen molar-refractivity contribution in [1.29, 1.82) is 0 Å². The molecule has 1 heterocycles. The number of carbonyl (C=O) groups is 1. The van der Waals surface area contributed by atoms with Crippen molar-refractivity contribution in [3.8, 4) is 0 Å². The van der Waals surface area contributed by atoms with Gasteiger partial charge in [-0.1, -0.05) is 13.8 Å². The number of hydrogen-bond acceptors (Lipinski definition) is 5. The third-order valence-corrected chi connectivity index (χ3v) is 3.13. The third kappa shape index (κ3) is 2.74. The van der Waals surface area contributed by atoms with Crippen LogP contribution in [0.5, 0.6) is 0 Å². The second kappa shape index (κ2) is 4.69. The molecule has 0 bridgehead atoms. The predicted molar refractivity (Wildman–Crippen MR) is 56.8 cm³/mol. The summed E-state index contributed by atoms with van der Waals surface area (Å²) < 4.78 is 0. The number of aliphatic hydroxyl groups is 1. The molecule has 6 heteroatoms. The van der Waals surface area contributed by atoms with Crippen LogP contribution in [0.3, 0.4) is 0 Å². The topological polar surface area (TPSA) is 96.4 Å². The van der Waals surface area contributed by atoms with Crippen LogP contribution in [0.1, 0.15) is 36.6 Å². The standard InChI is InChI=1S/C9H14N2O3S/c1-4(2)8-11-5(3-15-8)7(12)6(10)9(13)14/h3-4,6-7,12H,10H2,1-2H3,(H,13,14). The zero-order valence-corrected chi connectivity index (χ0v) is 9.36. The lowest BCUT2D eigenvalue weighted by atomic mass is 10.1. The quantitative estimate of drug-likeness (QED) is 0.708. The van der Waals surface area contributed by atoms with Crippen LogP contribution in [0, 0.1) is 0 Å². The minimum absolute atomic E-state index is 0.261. The number of aliphatic carboxylic acids is 1. The molecule has 0 aliphatic heterocycles. The molecule has 2 atom stereocenters. The highest BCUT2D eigenvalue weighted by molar-refractivity contribution is 7.09. The summed E-state index contributed by atoms with van der Waals surface area (Å²) in [7, 11) is 0. The smallest absolute Gasteiger partial charge is 0.323 e. The Hall–Kier alpha value is -0.980. The molecule has 0 saturated carbocycles. The summed E-state index contributed by atoms with van der Waals surface area (Å²) >= 11 is 1.40. The fraction of sp³-hybridized carbons (Fsp3) is 0.556. The summed E-state index contributed by atoms with van der Waals surface area (Å²) in [6.45, 7) is 3.96. The molecule has 0 saturated heterocycles. The number of aliphatic hydroxyl groups excluding tert-OH is 1. The van der Waals surface area contributed by atoms with E-state index in [9.17, 15) is 9.90 Å². The molecule has 1 rings (SSSR count). The van der Waals surface area contributed by atoms with Crippen LogP contribution in [0.2, 0.25) is 0 Å².